The topological polar surface area (TPSA) is 40.5 Å². The van der Waals surface area contributed by atoms with Crippen molar-refractivity contribution in [1.82, 2.24) is 4.90 Å². The number of rotatable bonds is 4. The number of aliphatic carboxylic acids is 1. The number of hydrogen-bond acceptors (Lipinski definition) is 2. The van der Waals surface area contributed by atoms with Gasteiger partial charge in [0.1, 0.15) is 6.04 Å². The summed E-state index contributed by atoms with van der Waals surface area (Å²) < 4.78 is 0. The van der Waals surface area contributed by atoms with Crippen LogP contribution >= 0.6 is 0 Å². The van der Waals surface area contributed by atoms with Gasteiger partial charge in [0, 0.05) is 6.54 Å². The Bertz CT molecular complexity index is 736. The zero-order chi connectivity index (χ0) is 17.3. The summed E-state index contributed by atoms with van der Waals surface area (Å²) in [7, 11) is 0. The number of carbonyl (C=O) groups is 1. The van der Waals surface area contributed by atoms with Crippen LogP contribution < -0.4 is 0 Å². The molecular weight excluding hydrogens is 298 g/mol. The van der Waals surface area contributed by atoms with Crippen LogP contribution in [0.2, 0.25) is 0 Å². The summed E-state index contributed by atoms with van der Waals surface area (Å²) >= 11 is 0. The van der Waals surface area contributed by atoms with Crippen molar-refractivity contribution in [2.45, 2.75) is 45.7 Å². The molecule has 1 heterocycles. The smallest absolute Gasteiger partial charge is 0.320 e. The van der Waals surface area contributed by atoms with E-state index in [0.29, 0.717) is 0 Å². The van der Waals surface area contributed by atoms with Gasteiger partial charge in [0.2, 0.25) is 0 Å². The summed E-state index contributed by atoms with van der Waals surface area (Å²) in [5.41, 5.74) is 6.04. The van der Waals surface area contributed by atoms with Crippen molar-refractivity contribution in [2.75, 3.05) is 6.54 Å². The van der Waals surface area contributed by atoms with Crippen molar-refractivity contribution in [1.29, 1.82) is 0 Å². The van der Waals surface area contributed by atoms with Crippen LogP contribution in [-0.4, -0.2) is 28.6 Å². The summed E-state index contributed by atoms with van der Waals surface area (Å²) in [4.78, 5) is 13.9. The van der Waals surface area contributed by atoms with E-state index in [4.69, 9.17) is 0 Å². The predicted octanol–water partition coefficient (Wildman–Crippen LogP) is 4.25. The normalized spacial score (nSPS) is 19.4. The highest BCUT2D eigenvalue weighted by atomic mass is 16.4. The Morgan fingerprint density at radius 2 is 1.75 bits per heavy atom. The fraction of sp³-hybridized carbons (Fsp3) is 0.381. The van der Waals surface area contributed by atoms with Gasteiger partial charge in [-0.3, -0.25) is 9.69 Å². The number of carboxylic acid groups (broad SMARTS) is 1. The van der Waals surface area contributed by atoms with E-state index in [-0.39, 0.29) is 6.04 Å². The summed E-state index contributed by atoms with van der Waals surface area (Å²) in [5, 5.41) is 9.64. The largest absolute Gasteiger partial charge is 0.480 e. The molecule has 1 saturated heterocycles. The molecule has 2 aromatic rings. The van der Waals surface area contributed by atoms with Crippen molar-refractivity contribution < 1.29 is 9.90 Å². The molecule has 0 aliphatic carbocycles. The zero-order valence-corrected chi connectivity index (χ0v) is 14.6. The van der Waals surface area contributed by atoms with E-state index >= 15 is 0 Å². The van der Waals surface area contributed by atoms with Crippen LogP contribution in [0.3, 0.4) is 0 Å². The lowest BCUT2D eigenvalue weighted by Gasteiger charge is -2.33. The van der Waals surface area contributed by atoms with E-state index in [1.165, 1.54) is 27.8 Å². The van der Waals surface area contributed by atoms with E-state index in [1.54, 1.807) is 0 Å². The minimum Gasteiger partial charge on any atom is -0.480 e. The molecule has 3 heteroatoms. The van der Waals surface area contributed by atoms with Gasteiger partial charge >= 0.3 is 5.97 Å². The molecule has 126 valence electrons. The SMILES string of the molecule is Cc1ccc(C(c2ccc(C)cc2C)N2CCCC2C(=O)O)cc1. The number of carboxylic acids is 1. The summed E-state index contributed by atoms with van der Waals surface area (Å²) in [6.07, 6.45) is 1.66. The highest BCUT2D eigenvalue weighted by Crippen LogP contribution is 2.36. The minimum atomic E-state index is -0.714. The highest BCUT2D eigenvalue weighted by molar-refractivity contribution is 5.74. The van der Waals surface area contributed by atoms with Gasteiger partial charge < -0.3 is 5.11 Å². The molecule has 2 atom stereocenters. The molecule has 3 rings (SSSR count). The van der Waals surface area contributed by atoms with Crippen molar-refractivity contribution in [2.24, 2.45) is 0 Å². The Balaban J connectivity index is 2.10. The Labute approximate surface area is 143 Å². The maximum absolute atomic E-state index is 11.7. The van der Waals surface area contributed by atoms with E-state index in [2.05, 4.69) is 68.1 Å². The third-order valence-corrected chi connectivity index (χ3v) is 5.02. The molecule has 1 fully saturated rings. The second-order valence-corrected chi connectivity index (χ2v) is 6.91. The standard InChI is InChI=1S/C21H25NO2/c1-14-6-9-17(10-7-14)20(18-11-8-15(2)13-16(18)3)22-12-4-5-19(22)21(23)24/h6-11,13,19-20H,4-5,12H2,1-3H3,(H,23,24). The molecule has 0 spiro atoms. The van der Waals surface area contributed by atoms with Crippen LogP contribution in [0, 0.1) is 20.8 Å². The quantitative estimate of drug-likeness (QED) is 0.914. The zero-order valence-electron chi connectivity index (χ0n) is 14.6. The van der Waals surface area contributed by atoms with Crippen LogP contribution in [0.4, 0.5) is 0 Å². The maximum atomic E-state index is 11.7. The van der Waals surface area contributed by atoms with Gasteiger partial charge in [-0.05, 0) is 50.3 Å². The fourth-order valence-corrected chi connectivity index (χ4v) is 3.79. The van der Waals surface area contributed by atoms with Crippen LogP contribution in [0.15, 0.2) is 42.5 Å². The summed E-state index contributed by atoms with van der Waals surface area (Å²) in [5.74, 6) is -0.714. The fourth-order valence-electron chi connectivity index (χ4n) is 3.79. The van der Waals surface area contributed by atoms with Crippen LogP contribution in [-0.2, 0) is 4.79 Å². The Kier molecular flexibility index (Phi) is 4.72. The molecule has 0 amide bonds. The molecule has 0 saturated carbocycles. The second-order valence-electron chi connectivity index (χ2n) is 6.91. The summed E-state index contributed by atoms with van der Waals surface area (Å²) in [6.45, 7) is 7.11. The van der Waals surface area contributed by atoms with Crippen LogP contribution in [0.5, 0.6) is 0 Å². The average Bonchev–Trinajstić information content (AvgIpc) is 3.01. The Morgan fingerprint density at radius 3 is 2.38 bits per heavy atom. The van der Waals surface area contributed by atoms with Crippen molar-refractivity contribution in [3.05, 3.63) is 70.3 Å². The lowest BCUT2D eigenvalue weighted by Crippen LogP contribution is -2.39. The molecule has 2 unspecified atom stereocenters. The van der Waals surface area contributed by atoms with Crippen molar-refractivity contribution in [3.63, 3.8) is 0 Å². The minimum absolute atomic E-state index is 0.00481. The lowest BCUT2D eigenvalue weighted by molar-refractivity contribution is -0.142. The molecule has 0 bridgehead atoms. The predicted molar refractivity (Wildman–Crippen MR) is 96.3 cm³/mol. The summed E-state index contributed by atoms with van der Waals surface area (Å²) in [6, 6.07) is 14.5. The van der Waals surface area contributed by atoms with Gasteiger partial charge in [0.05, 0.1) is 6.04 Å². The molecular formula is C21H25NO2. The van der Waals surface area contributed by atoms with Gasteiger partial charge in [-0.1, -0.05) is 53.6 Å². The van der Waals surface area contributed by atoms with Crippen molar-refractivity contribution in [3.8, 4) is 0 Å². The molecule has 1 N–H and O–H groups in total. The first-order valence-corrected chi connectivity index (χ1v) is 8.59. The number of aryl methyl sites for hydroxylation is 3. The first-order chi connectivity index (χ1) is 11.5. The molecule has 2 aromatic carbocycles. The van der Waals surface area contributed by atoms with E-state index in [9.17, 15) is 9.90 Å². The average molecular weight is 323 g/mol. The third-order valence-electron chi connectivity index (χ3n) is 5.02. The number of benzene rings is 2. The van der Waals surface area contributed by atoms with Gasteiger partial charge in [0.15, 0.2) is 0 Å². The van der Waals surface area contributed by atoms with Crippen LogP contribution in [0.1, 0.15) is 46.7 Å². The third kappa shape index (κ3) is 3.22. The molecule has 1 aliphatic rings. The van der Waals surface area contributed by atoms with Gasteiger partial charge in [-0.25, -0.2) is 0 Å². The Hall–Kier alpha value is -2.13. The van der Waals surface area contributed by atoms with E-state index in [0.717, 1.165) is 19.4 Å². The molecule has 3 nitrogen and oxygen atoms in total. The highest BCUT2D eigenvalue weighted by Gasteiger charge is 2.37. The molecule has 0 aromatic heterocycles. The first kappa shape index (κ1) is 16.7. The van der Waals surface area contributed by atoms with Gasteiger partial charge in [-0.2, -0.15) is 0 Å². The first-order valence-electron chi connectivity index (χ1n) is 8.59. The molecule has 24 heavy (non-hydrogen) atoms. The van der Waals surface area contributed by atoms with Crippen LogP contribution in [0.25, 0.3) is 0 Å². The lowest BCUT2D eigenvalue weighted by atomic mass is 9.91. The van der Waals surface area contributed by atoms with Crippen molar-refractivity contribution >= 4 is 5.97 Å². The number of nitrogens with zero attached hydrogens (tertiary/aromatic N) is 1. The van der Waals surface area contributed by atoms with Gasteiger partial charge in [0.25, 0.3) is 0 Å². The second kappa shape index (κ2) is 6.78. The van der Waals surface area contributed by atoms with E-state index in [1.807, 2.05) is 0 Å². The molecule has 0 radical (unpaired) electrons. The van der Waals surface area contributed by atoms with Gasteiger partial charge in [-0.15, -0.1) is 0 Å². The maximum Gasteiger partial charge on any atom is 0.320 e. The van der Waals surface area contributed by atoms with E-state index < -0.39 is 12.0 Å². The number of hydrogen-bond donors (Lipinski definition) is 1. The molecule has 1 aliphatic heterocycles. The number of likely N-dealkylation sites (tertiary alicyclic amines) is 1. The Morgan fingerprint density at radius 1 is 1.08 bits per heavy atom. The monoisotopic (exact) mass is 323 g/mol.